The molecule has 5 nitrogen and oxygen atoms in total. The number of amides is 1. The Balaban J connectivity index is 2.06. The number of piperazine rings is 1. The van der Waals surface area contributed by atoms with Crippen molar-refractivity contribution in [2.24, 2.45) is 0 Å². The topological polar surface area (TPSA) is 52.0 Å². The summed E-state index contributed by atoms with van der Waals surface area (Å²) >= 11 is 0. The van der Waals surface area contributed by atoms with Crippen molar-refractivity contribution < 1.29 is 27.9 Å². The molecule has 2 rings (SSSR count). The second-order valence-corrected chi connectivity index (χ2v) is 4.57. The molecule has 1 aliphatic heterocycles. The average Bonchev–Trinajstić information content (AvgIpc) is 2.40. The van der Waals surface area contributed by atoms with Crippen molar-refractivity contribution >= 4 is 5.91 Å². The zero-order valence-electron chi connectivity index (χ0n) is 11.1. The minimum Gasteiger partial charge on any atom is -0.493 e. The zero-order chi connectivity index (χ0) is 14.5. The molecule has 110 valence electrons. The Morgan fingerprint density at radius 3 is 2.85 bits per heavy atom. The molecule has 1 aliphatic rings. The summed E-state index contributed by atoms with van der Waals surface area (Å²) in [5.41, 5.74) is 0.910. The smallest absolute Gasteiger partial charge is 0.387 e. The van der Waals surface area contributed by atoms with Crippen molar-refractivity contribution in [1.29, 1.82) is 0 Å². The van der Waals surface area contributed by atoms with E-state index in [0.29, 0.717) is 19.6 Å². The molecule has 0 spiro atoms. The van der Waals surface area contributed by atoms with Gasteiger partial charge in [0.1, 0.15) is 6.54 Å². The van der Waals surface area contributed by atoms with Gasteiger partial charge in [0.25, 0.3) is 5.91 Å². The average molecular weight is 287 g/mol. The first-order valence-corrected chi connectivity index (χ1v) is 6.30. The quantitative estimate of drug-likeness (QED) is 0.789. The monoisotopic (exact) mass is 287 g/mol. The molecule has 1 atom stereocenters. The molecular weight excluding hydrogens is 270 g/mol. The molecule has 0 aliphatic carbocycles. The first-order valence-electron chi connectivity index (χ1n) is 6.30. The van der Waals surface area contributed by atoms with Crippen LogP contribution in [0.1, 0.15) is 5.56 Å². The van der Waals surface area contributed by atoms with Crippen molar-refractivity contribution in [2.45, 2.75) is 13.2 Å². The number of rotatable bonds is 5. The van der Waals surface area contributed by atoms with E-state index in [1.165, 1.54) is 13.2 Å². The minimum absolute atomic E-state index is 0.0117. The normalized spacial score (nSPS) is 18.8. The molecule has 7 heteroatoms. The van der Waals surface area contributed by atoms with Crippen molar-refractivity contribution in [2.75, 3.05) is 26.7 Å². The summed E-state index contributed by atoms with van der Waals surface area (Å²) in [6, 6.07) is 4.83. The van der Waals surface area contributed by atoms with Gasteiger partial charge in [0.15, 0.2) is 18.0 Å². The van der Waals surface area contributed by atoms with Crippen LogP contribution in [0, 0.1) is 0 Å². The van der Waals surface area contributed by atoms with Crippen LogP contribution >= 0.6 is 0 Å². The number of hydrogen-bond donors (Lipinski definition) is 2. The lowest BCUT2D eigenvalue weighted by Crippen LogP contribution is -3.14. The fourth-order valence-corrected chi connectivity index (χ4v) is 2.21. The van der Waals surface area contributed by atoms with Gasteiger partial charge in [0.2, 0.25) is 0 Å². The van der Waals surface area contributed by atoms with Gasteiger partial charge in [-0.1, -0.05) is 0 Å². The van der Waals surface area contributed by atoms with Gasteiger partial charge in [0, 0.05) is 5.56 Å². The van der Waals surface area contributed by atoms with Gasteiger partial charge in [-0.15, -0.1) is 0 Å². The Hall–Kier alpha value is -1.89. The number of carbonyl (C=O) groups is 1. The third kappa shape index (κ3) is 3.80. The molecule has 1 aromatic rings. The number of alkyl halides is 2. The fraction of sp³-hybridized carbons (Fsp3) is 0.462. The van der Waals surface area contributed by atoms with Crippen LogP contribution in [0.15, 0.2) is 18.2 Å². The summed E-state index contributed by atoms with van der Waals surface area (Å²) < 4.78 is 33.9. The predicted molar refractivity (Wildman–Crippen MR) is 67.0 cm³/mol. The summed E-state index contributed by atoms with van der Waals surface area (Å²) in [7, 11) is 1.40. The molecule has 20 heavy (non-hydrogen) atoms. The number of carbonyl (C=O) groups excluding carboxylic acids is 1. The maximum absolute atomic E-state index is 12.2. The van der Waals surface area contributed by atoms with E-state index in [2.05, 4.69) is 10.1 Å². The highest BCUT2D eigenvalue weighted by Crippen LogP contribution is 2.29. The van der Waals surface area contributed by atoms with E-state index in [-0.39, 0.29) is 17.4 Å². The molecule has 1 amide bonds. The van der Waals surface area contributed by atoms with Crippen LogP contribution in [0.25, 0.3) is 0 Å². The van der Waals surface area contributed by atoms with Gasteiger partial charge in [-0.05, 0) is 18.2 Å². The Morgan fingerprint density at radius 1 is 1.40 bits per heavy atom. The highest BCUT2D eigenvalue weighted by molar-refractivity contribution is 5.77. The molecule has 0 aromatic heterocycles. The first-order chi connectivity index (χ1) is 9.58. The molecule has 0 saturated carbocycles. The van der Waals surface area contributed by atoms with E-state index in [0.717, 1.165) is 17.0 Å². The lowest BCUT2D eigenvalue weighted by molar-refractivity contribution is -0.907. The lowest BCUT2D eigenvalue weighted by Gasteiger charge is -2.23. The van der Waals surface area contributed by atoms with Gasteiger partial charge in [0.05, 0.1) is 20.2 Å². The molecule has 0 radical (unpaired) electrons. The van der Waals surface area contributed by atoms with Crippen LogP contribution < -0.4 is 19.7 Å². The number of quaternary nitrogens is 1. The number of halogens is 2. The standard InChI is InChI=1S/C13H16F2N2O3/c1-19-11-6-9(2-3-10(11)20-13(14)15)7-17-5-4-16-12(18)8-17/h2-3,6,13H,4-5,7-8H2,1H3,(H,16,18)/p+1. The maximum Gasteiger partial charge on any atom is 0.387 e. The highest BCUT2D eigenvalue weighted by Gasteiger charge is 2.20. The van der Waals surface area contributed by atoms with Crippen LogP contribution in [0.3, 0.4) is 0 Å². The molecule has 2 N–H and O–H groups in total. The van der Waals surface area contributed by atoms with Crippen molar-refractivity contribution in [3.63, 3.8) is 0 Å². The largest absolute Gasteiger partial charge is 0.493 e. The molecule has 1 aromatic carbocycles. The van der Waals surface area contributed by atoms with Crippen LogP contribution in [-0.4, -0.2) is 39.3 Å². The Morgan fingerprint density at radius 2 is 2.20 bits per heavy atom. The number of ether oxygens (including phenoxy) is 2. The molecule has 0 bridgehead atoms. The molecule has 1 fully saturated rings. The highest BCUT2D eigenvalue weighted by atomic mass is 19.3. The summed E-state index contributed by atoms with van der Waals surface area (Å²) in [5.74, 6) is 0.303. The van der Waals surface area contributed by atoms with Crippen LogP contribution in [0.5, 0.6) is 11.5 Å². The van der Waals surface area contributed by atoms with E-state index >= 15 is 0 Å². The summed E-state index contributed by atoms with van der Waals surface area (Å²) in [6.07, 6.45) is 0. The van der Waals surface area contributed by atoms with Gasteiger partial charge >= 0.3 is 6.61 Å². The van der Waals surface area contributed by atoms with Crippen LogP contribution in [0.4, 0.5) is 8.78 Å². The summed E-state index contributed by atoms with van der Waals surface area (Å²) in [4.78, 5) is 12.4. The van der Waals surface area contributed by atoms with E-state index in [9.17, 15) is 13.6 Å². The number of benzene rings is 1. The number of nitrogens with one attached hydrogen (secondary N) is 2. The summed E-state index contributed by atoms with van der Waals surface area (Å²) in [5, 5.41) is 2.76. The maximum atomic E-state index is 12.2. The molecular formula is C13H17F2N2O3+. The van der Waals surface area contributed by atoms with Gasteiger partial charge in [-0.3, -0.25) is 4.79 Å². The second-order valence-electron chi connectivity index (χ2n) is 4.57. The molecule has 1 saturated heterocycles. The third-order valence-corrected chi connectivity index (χ3v) is 3.11. The number of hydrogen-bond acceptors (Lipinski definition) is 3. The van der Waals surface area contributed by atoms with Crippen molar-refractivity contribution in [3.8, 4) is 11.5 Å². The van der Waals surface area contributed by atoms with Crippen LogP contribution in [-0.2, 0) is 11.3 Å². The van der Waals surface area contributed by atoms with E-state index in [1.54, 1.807) is 12.1 Å². The SMILES string of the molecule is COc1cc(C[NH+]2CCNC(=O)C2)ccc1OC(F)F. The van der Waals surface area contributed by atoms with Gasteiger partial charge in [-0.25, -0.2) is 0 Å². The second kappa shape index (κ2) is 6.51. The van der Waals surface area contributed by atoms with E-state index in [4.69, 9.17) is 4.74 Å². The fourth-order valence-electron chi connectivity index (χ4n) is 2.21. The third-order valence-electron chi connectivity index (χ3n) is 3.11. The molecule has 1 heterocycles. The zero-order valence-corrected chi connectivity index (χ0v) is 11.1. The minimum atomic E-state index is -2.88. The lowest BCUT2D eigenvalue weighted by atomic mass is 10.1. The van der Waals surface area contributed by atoms with Crippen molar-refractivity contribution in [3.05, 3.63) is 23.8 Å². The Labute approximate surface area is 115 Å². The van der Waals surface area contributed by atoms with Crippen molar-refractivity contribution in [1.82, 2.24) is 5.32 Å². The first kappa shape index (κ1) is 14.5. The van der Waals surface area contributed by atoms with Gasteiger partial charge in [-0.2, -0.15) is 8.78 Å². The molecule has 1 unspecified atom stereocenters. The van der Waals surface area contributed by atoms with E-state index in [1.807, 2.05) is 0 Å². The van der Waals surface area contributed by atoms with Gasteiger partial charge < -0.3 is 19.7 Å². The predicted octanol–water partition coefficient (Wildman–Crippen LogP) is -0.189. The number of methoxy groups -OCH3 is 1. The van der Waals surface area contributed by atoms with Crippen LogP contribution in [0.2, 0.25) is 0 Å². The Kier molecular flexibility index (Phi) is 4.73. The summed E-state index contributed by atoms with van der Waals surface area (Å²) in [6.45, 7) is -0.344. The van der Waals surface area contributed by atoms with E-state index < -0.39 is 6.61 Å². The Bertz CT molecular complexity index is 483.